The minimum Gasteiger partial charge on any atom is -0.489 e. The van der Waals surface area contributed by atoms with Crippen LogP contribution in [0.3, 0.4) is 0 Å². The van der Waals surface area contributed by atoms with Gasteiger partial charge in [0.2, 0.25) is 0 Å². The predicted molar refractivity (Wildman–Crippen MR) is 132 cm³/mol. The number of rotatable bonds is 7. The molecule has 6 nitrogen and oxygen atoms in total. The van der Waals surface area contributed by atoms with Crippen LogP contribution in [0.5, 0.6) is 5.75 Å². The van der Waals surface area contributed by atoms with E-state index in [0.29, 0.717) is 38.2 Å². The van der Waals surface area contributed by atoms with Crippen molar-refractivity contribution >= 4 is 40.9 Å². The first-order valence-corrected chi connectivity index (χ1v) is 11.4. The Morgan fingerprint density at radius 2 is 1.71 bits per heavy atom. The number of hydrogen-bond donors (Lipinski definition) is 2. The Bertz CT molecular complexity index is 1240. The van der Waals surface area contributed by atoms with E-state index in [0.717, 1.165) is 5.56 Å². The highest BCUT2D eigenvalue weighted by Crippen LogP contribution is 2.36. The van der Waals surface area contributed by atoms with E-state index in [4.69, 9.17) is 32.7 Å². The lowest BCUT2D eigenvalue weighted by atomic mass is 9.92. The summed E-state index contributed by atoms with van der Waals surface area (Å²) in [5.74, 6) is -0.0203. The second-order valence-corrected chi connectivity index (χ2v) is 8.30. The maximum atomic E-state index is 13.1. The number of carbonyl (C=O) groups is 2. The molecule has 0 fully saturated rings. The summed E-state index contributed by atoms with van der Waals surface area (Å²) < 4.78 is 11.4. The summed E-state index contributed by atoms with van der Waals surface area (Å²) >= 11 is 12.1. The highest BCUT2D eigenvalue weighted by atomic mass is 35.5. The summed E-state index contributed by atoms with van der Waals surface area (Å²) in [4.78, 5) is 25.7. The Kier molecular flexibility index (Phi) is 7.40. The van der Waals surface area contributed by atoms with E-state index >= 15 is 0 Å². The number of ether oxygens (including phenoxy) is 2. The van der Waals surface area contributed by atoms with Gasteiger partial charge < -0.3 is 20.1 Å². The van der Waals surface area contributed by atoms with Gasteiger partial charge in [-0.05, 0) is 36.2 Å². The van der Waals surface area contributed by atoms with E-state index in [9.17, 15) is 9.59 Å². The van der Waals surface area contributed by atoms with Crippen molar-refractivity contribution in [3.8, 4) is 5.75 Å². The molecule has 1 unspecified atom stereocenters. The molecule has 2 N–H and O–H groups in total. The highest BCUT2D eigenvalue weighted by Gasteiger charge is 2.35. The molecule has 0 spiro atoms. The van der Waals surface area contributed by atoms with Gasteiger partial charge in [0.1, 0.15) is 12.4 Å². The van der Waals surface area contributed by atoms with Crippen molar-refractivity contribution in [2.45, 2.75) is 19.6 Å². The number of benzene rings is 3. The molecule has 3 aromatic carbocycles. The van der Waals surface area contributed by atoms with Crippen LogP contribution in [-0.4, -0.2) is 18.6 Å². The molecule has 174 valence electrons. The summed E-state index contributed by atoms with van der Waals surface area (Å²) in [6.45, 7) is 2.15. The van der Waals surface area contributed by atoms with Gasteiger partial charge in [-0.15, -0.1) is 0 Å². The first kappa shape index (κ1) is 23.7. The number of halogens is 2. The highest BCUT2D eigenvalue weighted by molar-refractivity contribution is 6.42. The molecule has 1 aliphatic heterocycles. The van der Waals surface area contributed by atoms with E-state index in [1.807, 2.05) is 54.6 Å². The zero-order valence-electron chi connectivity index (χ0n) is 18.3. The molecular weight excluding hydrogens is 475 g/mol. The minimum atomic E-state index is -0.784. The number of carbonyl (C=O) groups excluding carboxylic acids is 2. The molecule has 0 bridgehead atoms. The summed E-state index contributed by atoms with van der Waals surface area (Å²) in [6, 6.07) is 20.5. The number of para-hydroxylation sites is 1. The van der Waals surface area contributed by atoms with Crippen molar-refractivity contribution in [1.29, 1.82) is 0 Å². The fraction of sp³-hybridized carbons (Fsp3) is 0.154. The van der Waals surface area contributed by atoms with Gasteiger partial charge in [-0.3, -0.25) is 0 Å². The summed E-state index contributed by atoms with van der Waals surface area (Å²) in [7, 11) is 0. The third kappa shape index (κ3) is 5.19. The minimum absolute atomic E-state index is 0.195. The third-order valence-corrected chi connectivity index (χ3v) is 5.98. The van der Waals surface area contributed by atoms with Crippen LogP contribution in [0.4, 0.5) is 4.79 Å². The number of amides is 2. The fourth-order valence-electron chi connectivity index (χ4n) is 3.70. The fourth-order valence-corrected chi connectivity index (χ4v) is 4.02. The molecule has 0 aliphatic carbocycles. The first-order chi connectivity index (χ1) is 16.5. The lowest BCUT2D eigenvalue weighted by Crippen LogP contribution is -2.45. The van der Waals surface area contributed by atoms with Crippen molar-refractivity contribution in [2.24, 2.45) is 0 Å². The molecule has 0 saturated heterocycles. The number of urea groups is 1. The average Bonchev–Trinajstić information content (AvgIpc) is 2.85. The smallest absolute Gasteiger partial charge is 0.338 e. The summed E-state index contributed by atoms with van der Waals surface area (Å²) in [5, 5.41) is 6.51. The lowest BCUT2D eigenvalue weighted by Gasteiger charge is -2.30. The van der Waals surface area contributed by atoms with Crippen LogP contribution in [0.1, 0.15) is 29.7 Å². The number of nitrogens with one attached hydrogen (secondary N) is 2. The van der Waals surface area contributed by atoms with Crippen LogP contribution < -0.4 is 15.4 Å². The molecule has 1 heterocycles. The maximum Gasteiger partial charge on any atom is 0.338 e. The number of esters is 1. The Hall–Kier alpha value is -3.48. The van der Waals surface area contributed by atoms with Gasteiger partial charge in [0.15, 0.2) is 0 Å². The normalized spacial score (nSPS) is 15.4. The zero-order chi connectivity index (χ0) is 24.1. The van der Waals surface area contributed by atoms with Gasteiger partial charge in [0.05, 0.1) is 34.0 Å². The van der Waals surface area contributed by atoms with Crippen LogP contribution in [0.15, 0.2) is 78.4 Å². The molecule has 1 aliphatic rings. The van der Waals surface area contributed by atoms with Gasteiger partial charge in [0.25, 0.3) is 0 Å². The maximum absolute atomic E-state index is 13.1. The van der Waals surface area contributed by atoms with Crippen LogP contribution in [0.25, 0.3) is 5.70 Å². The molecule has 34 heavy (non-hydrogen) atoms. The van der Waals surface area contributed by atoms with Crippen LogP contribution in [0.2, 0.25) is 10.0 Å². The van der Waals surface area contributed by atoms with E-state index < -0.39 is 18.0 Å². The lowest BCUT2D eigenvalue weighted by molar-refractivity contribution is -0.138. The van der Waals surface area contributed by atoms with E-state index in [1.54, 1.807) is 25.1 Å². The molecule has 0 aromatic heterocycles. The second-order valence-electron chi connectivity index (χ2n) is 7.48. The topological polar surface area (TPSA) is 76.7 Å². The Balaban J connectivity index is 1.75. The van der Waals surface area contributed by atoms with Crippen LogP contribution in [0, 0.1) is 0 Å². The predicted octanol–water partition coefficient (Wildman–Crippen LogP) is 5.90. The third-order valence-electron chi connectivity index (χ3n) is 5.24. The van der Waals surface area contributed by atoms with Crippen molar-refractivity contribution in [2.75, 3.05) is 6.61 Å². The quantitative estimate of drug-likeness (QED) is 0.399. The molecule has 1 atom stereocenters. The van der Waals surface area contributed by atoms with Crippen molar-refractivity contribution in [1.82, 2.24) is 10.6 Å². The van der Waals surface area contributed by atoms with E-state index in [2.05, 4.69) is 10.6 Å². The molecule has 3 aromatic rings. The summed E-state index contributed by atoms with van der Waals surface area (Å²) in [6.07, 6.45) is 0. The first-order valence-electron chi connectivity index (χ1n) is 10.7. The molecule has 4 rings (SSSR count). The van der Waals surface area contributed by atoms with Crippen LogP contribution >= 0.6 is 23.2 Å². The largest absolute Gasteiger partial charge is 0.489 e. The van der Waals surface area contributed by atoms with Gasteiger partial charge in [-0.25, -0.2) is 9.59 Å². The zero-order valence-corrected chi connectivity index (χ0v) is 19.8. The van der Waals surface area contributed by atoms with Gasteiger partial charge in [0, 0.05) is 5.56 Å². The Morgan fingerprint density at radius 1 is 0.971 bits per heavy atom. The molecule has 0 saturated carbocycles. The SMILES string of the molecule is CCOC(=O)C1=C(c2ccccc2)NC(=O)NC1c1ccccc1OCc1ccc(Cl)c(Cl)c1. The molecular formula is C26H22Cl2N2O4. The van der Waals surface area contributed by atoms with Gasteiger partial charge in [-0.1, -0.05) is 77.8 Å². The number of hydrogen-bond acceptors (Lipinski definition) is 4. The van der Waals surface area contributed by atoms with Crippen molar-refractivity contribution in [3.05, 3.63) is 105 Å². The summed E-state index contributed by atoms with van der Waals surface area (Å²) in [5.41, 5.74) is 2.82. The van der Waals surface area contributed by atoms with Crippen molar-refractivity contribution < 1.29 is 19.1 Å². The molecule has 0 radical (unpaired) electrons. The van der Waals surface area contributed by atoms with E-state index in [-0.39, 0.29) is 13.2 Å². The van der Waals surface area contributed by atoms with Crippen LogP contribution in [-0.2, 0) is 16.1 Å². The van der Waals surface area contributed by atoms with Gasteiger partial charge in [-0.2, -0.15) is 0 Å². The monoisotopic (exact) mass is 496 g/mol. The van der Waals surface area contributed by atoms with Gasteiger partial charge >= 0.3 is 12.0 Å². The Labute approximate surface area is 207 Å². The Morgan fingerprint density at radius 3 is 2.44 bits per heavy atom. The standard InChI is InChI=1S/C26H22Cl2N2O4/c1-2-33-25(31)22-23(17-8-4-3-5-9-17)29-26(32)30-24(22)18-10-6-7-11-21(18)34-15-16-12-13-19(27)20(28)14-16/h3-14,24H,2,15H2,1H3,(H2,29,30,32). The van der Waals surface area contributed by atoms with Crippen molar-refractivity contribution in [3.63, 3.8) is 0 Å². The molecule has 8 heteroatoms. The van der Waals surface area contributed by atoms with E-state index in [1.165, 1.54) is 0 Å². The molecule has 2 amide bonds. The second kappa shape index (κ2) is 10.6. The average molecular weight is 497 g/mol.